The standard InChI is InChI=1S/C24H27F3N2O/c25-24(26,27)21-12-10-19(11-13-21)22-5-1-2-16-29(22)17-18-6-8-20(9-7-18)23(30)28-14-3-4-15-28/h6-13,22H,1-5,14-17H2. The molecule has 1 atom stereocenters. The Labute approximate surface area is 175 Å². The highest BCUT2D eigenvalue weighted by atomic mass is 19.4. The molecule has 3 nitrogen and oxygen atoms in total. The zero-order valence-electron chi connectivity index (χ0n) is 17.0. The maximum Gasteiger partial charge on any atom is 0.416 e. The number of benzene rings is 2. The lowest BCUT2D eigenvalue weighted by Gasteiger charge is -2.36. The van der Waals surface area contributed by atoms with Gasteiger partial charge in [-0.1, -0.05) is 30.7 Å². The molecule has 2 aromatic rings. The summed E-state index contributed by atoms with van der Waals surface area (Å²) in [6.45, 7) is 3.32. The Hall–Kier alpha value is -2.34. The van der Waals surface area contributed by atoms with Gasteiger partial charge in [-0.25, -0.2) is 0 Å². The van der Waals surface area contributed by atoms with Gasteiger partial charge in [-0.2, -0.15) is 13.2 Å². The van der Waals surface area contributed by atoms with E-state index in [1.165, 1.54) is 12.1 Å². The van der Waals surface area contributed by atoms with Crippen LogP contribution in [0.15, 0.2) is 48.5 Å². The molecule has 30 heavy (non-hydrogen) atoms. The molecule has 2 heterocycles. The van der Waals surface area contributed by atoms with E-state index in [4.69, 9.17) is 0 Å². The van der Waals surface area contributed by atoms with E-state index < -0.39 is 11.7 Å². The van der Waals surface area contributed by atoms with Gasteiger partial charge in [-0.15, -0.1) is 0 Å². The van der Waals surface area contributed by atoms with Gasteiger partial charge in [0.2, 0.25) is 0 Å². The second-order valence-corrected chi connectivity index (χ2v) is 8.30. The minimum atomic E-state index is -4.31. The maximum absolute atomic E-state index is 12.9. The highest BCUT2D eigenvalue weighted by molar-refractivity contribution is 5.94. The number of likely N-dealkylation sites (tertiary alicyclic amines) is 2. The Kier molecular flexibility index (Phi) is 6.14. The Bertz CT molecular complexity index is 856. The quantitative estimate of drug-likeness (QED) is 0.641. The summed E-state index contributed by atoms with van der Waals surface area (Å²) in [5.41, 5.74) is 2.17. The molecule has 0 saturated carbocycles. The number of alkyl halides is 3. The predicted molar refractivity (Wildman–Crippen MR) is 110 cm³/mol. The van der Waals surface area contributed by atoms with Gasteiger partial charge in [-0.3, -0.25) is 9.69 Å². The highest BCUT2D eigenvalue weighted by Crippen LogP contribution is 2.35. The van der Waals surface area contributed by atoms with Crippen LogP contribution < -0.4 is 0 Å². The molecule has 1 unspecified atom stereocenters. The second kappa shape index (κ2) is 8.80. The number of hydrogen-bond donors (Lipinski definition) is 0. The summed E-state index contributed by atoms with van der Waals surface area (Å²) in [7, 11) is 0. The number of piperidine rings is 1. The number of carbonyl (C=O) groups is 1. The normalized spacial score (nSPS) is 20.5. The summed E-state index contributed by atoms with van der Waals surface area (Å²) in [6.07, 6.45) is 0.943. The van der Waals surface area contributed by atoms with Crippen molar-refractivity contribution in [3.63, 3.8) is 0 Å². The van der Waals surface area contributed by atoms with E-state index in [0.29, 0.717) is 0 Å². The van der Waals surface area contributed by atoms with E-state index in [1.807, 2.05) is 29.2 Å². The smallest absolute Gasteiger partial charge is 0.339 e. The topological polar surface area (TPSA) is 23.6 Å². The third kappa shape index (κ3) is 4.69. The van der Waals surface area contributed by atoms with E-state index >= 15 is 0 Å². The molecule has 2 aromatic carbocycles. The van der Waals surface area contributed by atoms with Crippen molar-refractivity contribution in [1.82, 2.24) is 9.80 Å². The minimum absolute atomic E-state index is 0.0969. The first-order chi connectivity index (χ1) is 14.4. The third-order valence-electron chi connectivity index (χ3n) is 6.22. The fourth-order valence-corrected chi connectivity index (χ4v) is 4.54. The monoisotopic (exact) mass is 416 g/mol. The van der Waals surface area contributed by atoms with Crippen LogP contribution in [-0.4, -0.2) is 35.3 Å². The summed E-state index contributed by atoms with van der Waals surface area (Å²) in [4.78, 5) is 16.8. The maximum atomic E-state index is 12.9. The van der Waals surface area contributed by atoms with Gasteiger partial charge in [0.1, 0.15) is 0 Å². The van der Waals surface area contributed by atoms with Gasteiger partial charge in [0.15, 0.2) is 0 Å². The van der Waals surface area contributed by atoms with Crippen molar-refractivity contribution >= 4 is 5.91 Å². The average molecular weight is 416 g/mol. The lowest BCUT2D eigenvalue weighted by atomic mass is 9.94. The van der Waals surface area contributed by atoms with Crippen LogP contribution in [0.1, 0.15) is 65.2 Å². The van der Waals surface area contributed by atoms with Crippen molar-refractivity contribution in [3.8, 4) is 0 Å². The molecular weight excluding hydrogens is 389 g/mol. The molecule has 1 amide bonds. The van der Waals surface area contributed by atoms with Crippen LogP contribution in [0.5, 0.6) is 0 Å². The zero-order valence-corrected chi connectivity index (χ0v) is 17.0. The summed E-state index contributed by atoms with van der Waals surface area (Å²) < 4.78 is 38.6. The van der Waals surface area contributed by atoms with Crippen LogP contribution >= 0.6 is 0 Å². The van der Waals surface area contributed by atoms with Gasteiger partial charge in [0.05, 0.1) is 5.56 Å². The van der Waals surface area contributed by atoms with Crippen molar-refractivity contribution in [2.75, 3.05) is 19.6 Å². The number of amides is 1. The molecule has 6 heteroatoms. The molecule has 0 aromatic heterocycles. The summed E-state index contributed by atoms with van der Waals surface area (Å²) in [6, 6.07) is 13.5. The molecular formula is C24H27F3N2O. The lowest BCUT2D eigenvalue weighted by molar-refractivity contribution is -0.137. The van der Waals surface area contributed by atoms with E-state index in [2.05, 4.69) is 4.90 Å². The van der Waals surface area contributed by atoms with E-state index in [9.17, 15) is 18.0 Å². The summed E-state index contributed by atoms with van der Waals surface area (Å²) in [5, 5.41) is 0. The molecule has 2 fully saturated rings. The van der Waals surface area contributed by atoms with Gasteiger partial charge < -0.3 is 4.90 Å². The van der Waals surface area contributed by atoms with Crippen molar-refractivity contribution in [3.05, 3.63) is 70.8 Å². The first-order valence-electron chi connectivity index (χ1n) is 10.7. The Morgan fingerprint density at radius 2 is 1.50 bits per heavy atom. The average Bonchev–Trinajstić information content (AvgIpc) is 3.29. The second-order valence-electron chi connectivity index (χ2n) is 8.30. The number of nitrogens with zero attached hydrogens (tertiary/aromatic N) is 2. The van der Waals surface area contributed by atoms with Crippen molar-refractivity contribution in [2.24, 2.45) is 0 Å². The molecule has 2 saturated heterocycles. The van der Waals surface area contributed by atoms with E-state index in [1.54, 1.807) is 12.1 Å². The van der Waals surface area contributed by atoms with Crippen LogP contribution in [0.4, 0.5) is 13.2 Å². The molecule has 0 bridgehead atoms. The highest BCUT2D eigenvalue weighted by Gasteiger charge is 2.31. The first kappa shape index (κ1) is 20.9. The summed E-state index contributed by atoms with van der Waals surface area (Å²) in [5.74, 6) is 0.0969. The number of hydrogen-bond acceptors (Lipinski definition) is 2. The zero-order chi connectivity index (χ0) is 21.1. The van der Waals surface area contributed by atoms with Crippen LogP contribution in [-0.2, 0) is 12.7 Å². The van der Waals surface area contributed by atoms with Crippen LogP contribution in [0.25, 0.3) is 0 Å². The van der Waals surface area contributed by atoms with E-state index in [0.717, 1.165) is 75.0 Å². The SMILES string of the molecule is O=C(c1ccc(CN2CCCCC2c2ccc(C(F)(F)F)cc2)cc1)N1CCCC1. The Morgan fingerprint density at radius 1 is 0.867 bits per heavy atom. The lowest BCUT2D eigenvalue weighted by Crippen LogP contribution is -2.33. The van der Waals surface area contributed by atoms with Crippen molar-refractivity contribution in [1.29, 1.82) is 0 Å². The fourth-order valence-electron chi connectivity index (χ4n) is 4.54. The molecule has 0 spiro atoms. The Morgan fingerprint density at radius 3 is 2.13 bits per heavy atom. The molecule has 0 aliphatic carbocycles. The first-order valence-corrected chi connectivity index (χ1v) is 10.7. The number of carbonyl (C=O) groups excluding carboxylic acids is 1. The number of halogens is 3. The molecule has 160 valence electrons. The van der Waals surface area contributed by atoms with Gasteiger partial charge in [0.25, 0.3) is 5.91 Å². The van der Waals surface area contributed by atoms with Crippen molar-refractivity contribution in [2.45, 2.75) is 50.9 Å². The van der Waals surface area contributed by atoms with Gasteiger partial charge in [-0.05, 0) is 67.6 Å². The van der Waals surface area contributed by atoms with E-state index in [-0.39, 0.29) is 11.9 Å². The molecule has 4 rings (SSSR count). The summed E-state index contributed by atoms with van der Waals surface area (Å²) >= 11 is 0. The minimum Gasteiger partial charge on any atom is -0.339 e. The van der Waals surface area contributed by atoms with Gasteiger partial charge in [0, 0.05) is 31.2 Å². The van der Waals surface area contributed by atoms with Gasteiger partial charge >= 0.3 is 6.18 Å². The molecule has 2 aliphatic rings. The third-order valence-corrected chi connectivity index (χ3v) is 6.22. The van der Waals surface area contributed by atoms with Crippen LogP contribution in [0.2, 0.25) is 0 Å². The Balaban J connectivity index is 1.45. The fraction of sp³-hybridized carbons (Fsp3) is 0.458. The van der Waals surface area contributed by atoms with Crippen LogP contribution in [0, 0.1) is 0 Å². The molecule has 2 aliphatic heterocycles. The largest absolute Gasteiger partial charge is 0.416 e. The van der Waals surface area contributed by atoms with Crippen molar-refractivity contribution < 1.29 is 18.0 Å². The predicted octanol–water partition coefficient (Wildman–Crippen LogP) is 5.67. The van der Waals surface area contributed by atoms with Crippen LogP contribution in [0.3, 0.4) is 0 Å². The number of rotatable bonds is 4. The molecule has 0 N–H and O–H groups in total. The molecule has 0 radical (unpaired) electrons.